The van der Waals surface area contributed by atoms with E-state index in [0.717, 1.165) is 17.7 Å². The van der Waals surface area contributed by atoms with Gasteiger partial charge in [0.05, 0.1) is 16.1 Å². The maximum Gasteiger partial charge on any atom is 0.143 e. The van der Waals surface area contributed by atoms with Crippen molar-refractivity contribution in [1.82, 2.24) is 4.40 Å². The van der Waals surface area contributed by atoms with E-state index in [1.807, 2.05) is 29.5 Å². The van der Waals surface area contributed by atoms with Crippen molar-refractivity contribution >= 4 is 28.2 Å². The van der Waals surface area contributed by atoms with E-state index < -0.39 is 0 Å². The zero-order valence-electron chi connectivity index (χ0n) is 16.2. The molecule has 0 aliphatic heterocycles. The maximum atomic E-state index is 6.22. The zero-order valence-corrected chi connectivity index (χ0v) is 17.8. The van der Waals surface area contributed by atoms with Crippen molar-refractivity contribution in [3.8, 4) is 26.8 Å². The molecule has 0 N–H and O–H groups in total. The molecule has 2 nitrogen and oxygen atoms in total. The van der Waals surface area contributed by atoms with Crippen molar-refractivity contribution in [2.24, 2.45) is 0 Å². The molecule has 4 heteroatoms. The molecule has 0 radical (unpaired) electrons. The Labute approximate surface area is 178 Å². The summed E-state index contributed by atoms with van der Waals surface area (Å²) in [6, 6.07) is 23.3. The maximum absolute atomic E-state index is 6.22. The minimum Gasteiger partial charge on any atom is -0.487 e. The van der Waals surface area contributed by atoms with Crippen LogP contribution in [0.4, 0.5) is 0 Å². The van der Waals surface area contributed by atoms with E-state index in [2.05, 4.69) is 76.8 Å². The number of fused-ring (bicyclic) bond motifs is 1. The molecule has 144 valence electrons. The summed E-state index contributed by atoms with van der Waals surface area (Å²) < 4.78 is 8.52. The summed E-state index contributed by atoms with van der Waals surface area (Å²) in [5.41, 5.74) is 6.25. The number of aromatic nitrogens is 1. The van der Waals surface area contributed by atoms with Gasteiger partial charge in [-0.15, -0.1) is 22.7 Å². The Balaban J connectivity index is 1.60. The fraction of sp³-hybridized carbons (Fsp3) is 0.120. The lowest BCUT2D eigenvalue weighted by atomic mass is 10.1. The average Bonchev–Trinajstić information content (AvgIpc) is 3.51. The van der Waals surface area contributed by atoms with Crippen molar-refractivity contribution in [1.29, 1.82) is 0 Å². The normalized spacial score (nSPS) is 11.2. The van der Waals surface area contributed by atoms with Gasteiger partial charge < -0.3 is 9.14 Å². The monoisotopic (exact) mass is 415 g/mol. The fourth-order valence-electron chi connectivity index (χ4n) is 3.73. The van der Waals surface area contributed by atoms with Gasteiger partial charge >= 0.3 is 0 Å². The van der Waals surface area contributed by atoms with E-state index in [4.69, 9.17) is 4.74 Å². The van der Waals surface area contributed by atoms with Crippen LogP contribution in [0.25, 0.3) is 26.5 Å². The van der Waals surface area contributed by atoms with Gasteiger partial charge in [-0.1, -0.05) is 43.3 Å². The minimum absolute atomic E-state index is 0.571. The van der Waals surface area contributed by atoms with E-state index in [1.165, 1.54) is 32.1 Å². The van der Waals surface area contributed by atoms with Crippen molar-refractivity contribution < 1.29 is 4.74 Å². The topological polar surface area (TPSA) is 13.6 Å². The third-order valence-electron chi connectivity index (χ3n) is 5.14. The van der Waals surface area contributed by atoms with Crippen LogP contribution in [0.1, 0.15) is 18.1 Å². The molecular weight excluding hydrogens is 394 g/mol. The van der Waals surface area contributed by atoms with Crippen molar-refractivity contribution in [3.63, 3.8) is 0 Å². The first kappa shape index (κ1) is 18.2. The van der Waals surface area contributed by atoms with Crippen molar-refractivity contribution in [2.75, 3.05) is 0 Å². The smallest absolute Gasteiger partial charge is 0.143 e. The molecule has 0 amide bonds. The Morgan fingerprint density at radius 2 is 1.79 bits per heavy atom. The highest BCUT2D eigenvalue weighted by molar-refractivity contribution is 7.16. The third-order valence-corrected chi connectivity index (χ3v) is 6.96. The number of hydrogen-bond acceptors (Lipinski definition) is 3. The molecular formula is C25H21NOS2. The lowest BCUT2D eigenvalue weighted by Gasteiger charge is -2.10. The van der Waals surface area contributed by atoms with Crippen LogP contribution in [0.2, 0.25) is 0 Å². The molecule has 0 bridgehead atoms. The number of aryl methyl sites for hydroxylation is 1. The van der Waals surface area contributed by atoms with E-state index in [9.17, 15) is 0 Å². The first-order chi connectivity index (χ1) is 14.3. The van der Waals surface area contributed by atoms with Crippen LogP contribution >= 0.6 is 22.7 Å². The highest BCUT2D eigenvalue weighted by Crippen LogP contribution is 2.42. The average molecular weight is 416 g/mol. The summed E-state index contributed by atoms with van der Waals surface area (Å²) in [6.45, 7) is 2.79. The van der Waals surface area contributed by atoms with Gasteiger partial charge in [0.15, 0.2) is 0 Å². The Hall–Kier alpha value is -2.82. The number of ether oxygens (including phenoxy) is 1. The van der Waals surface area contributed by atoms with Crippen LogP contribution in [0.5, 0.6) is 5.75 Å². The molecule has 0 aliphatic rings. The van der Waals surface area contributed by atoms with Gasteiger partial charge in [-0.3, -0.25) is 0 Å². The number of pyridine rings is 1. The summed E-state index contributed by atoms with van der Waals surface area (Å²) in [4.78, 5) is 2.64. The second kappa shape index (κ2) is 7.90. The number of rotatable bonds is 6. The van der Waals surface area contributed by atoms with Gasteiger partial charge in [0, 0.05) is 16.6 Å². The molecule has 5 rings (SSSR count). The predicted octanol–water partition coefficient (Wildman–Crippen LogP) is 7.54. The first-order valence-corrected chi connectivity index (χ1v) is 11.5. The van der Waals surface area contributed by atoms with Crippen LogP contribution < -0.4 is 4.74 Å². The van der Waals surface area contributed by atoms with Crippen molar-refractivity contribution in [3.05, 3.63) is 94.8 Å². The summed E-state index contributed by atoms with van der Waals surface area (Å²) >= 11 is 3.60. The molecule has 4 aromatic heterocycles. The number of hydrogen-bond donors (Lipinski definition) is 0. The molecule has 1 aromatic carbocycles. The quantitative estimate of drug-likeness (QED) is 0.279. The van der Waals surface area contributed by atoms with E-state index in [0.29, 0.717) is 6.61 Å². The zero-order chi connectivity index (χ0) is 19.6. The van der Waals surface area contributed by atoms with Crippen LogP contribution in [0, 0.1) is 0 Å². The predicted molar refractivity (Wildman–Crippen MR) is 124 cm³/mol. The van der Waals surface area contributed by atoms with Crippen LogP contribution in [0.15, 0.2) is 83.7 Å². The van der Waals surface area contributed by atoms with Gasteiger partial charge in [0.25, 0.3) is 0 Å². The van der Waals surface area contributed by atoms with Gasteiger partial charge in [-0.05, 0) is 58.6 Å². The van der Waals surface area contributed by atoms with Crippen molar-refractivity contribution in [2.45, 2.75) is 20.0 Å². The standard InChI is InChI=1S/C25H21NOS2/c1-2-19-16-21-22(27-17-18-8-4-3-5-9-18)10-6-13-26(21)24(19)25-20(12-15-29-25)23-11-7-14-28-23/h3-16H,2,17H2,1H3. The molecule has 0 unspecified atom stereocenters. The third kappa shape index (κ3) is 3.39. The highest BCUT2D eigenvalue weighted by Gasteiger charge is 2.19. The minimum atomic E-state index is 0.571. The Morgan fingerprint density at radius 1 is 0.897 bits per heavy atom. The van der Waals surface area contributed by atoms with E-state index >= 15 is 0 Å². The summed E-state index contributed by atoms with van der Waals surface area (Å²) in [6.07, 6.45) is 3.13. The SMILES string of the molecule is CCc1cc2c(OCc3ccccc3)cccn2c1-c1sccc1-c1cccs1. The second-order valence-electron chi connectivity index (χ2n) is 6.91. The van der Waals surface area contributed by atoms with Gasteiger partial charge in [-0.2, -0.15) is 0 Å². The molecule has 0 aliphatic carbocycles. The molecule has 4 heterocycles. The molecule has 0 atom stereocenters. The number of thiophene rings is 2. The van der Waals surface area contributed by atoms with Gasteiger partial charge in [0.2, 0.25) is 0 Å². The summed E-state index contributed by atoms with van der Waals surface area (Å²) in [7, 11) is 0. The van der Waals surface area contributed by atoms with Gasteiger partial charge in [0.1, 0.15) is 12.4 Å². The van der Waals surface area contributed by atoms with Gasteiger partial charge in [-0.25, -0.2) is 0 Å². The number of benzene rings is 1. The molecule has 5 aromatic rings. The number of nitrogens with zero attached hydrogens (tertiary/aromatic N) is 1. The Kier molecular flexibility index (Phi) is 4.96. The largest absolute Gasteiger partial charge is 0.487 e. The Morgan fingerprint density at radius 3 is 2.59 bits per heavy atom. The summed E-state index contributed by atoms with van der Waals surface area (Å²) in [5, 5.41) is 4.34. The lowest BCUT2D eigenvalue weighted by Crippen LogP contribution is -1.97. The fourth-order valence-corrected chi connectivity index (χ4v) is 5.53. The molecule has 29 heavy (non-hydrogen) atoms. The van der Waals surface area contributed by atoms with E-state index in [1.54, 1.807) is 11.3 Å². The summed E-state index contributed by atoms with van der Waals surface area (Å²) in [5.74, 6) is 0.923. The molecule has 0 saturated carbocycles. The first-order valence-electron chi connectivity index (χ1n) is 9.76. The highest BCUT2D eigenvalue weighted by atomic mass is 32.1. The second-order valence-corrected chi connectivity index (χ2v) is 8.78. The lowest BCUT2D eigenvalue weighted by molar-refractivity contribution is 0.309. The van der Waals surface area contributed by atoms with Crippen LogP contribution in [-0.4, -0.2) is 4.40 Å². The van der Waals surface area contributed by atoms with Crippen LogP contribution in [-0.2, 0) is 13.0 Å². The molecule has 0 spiro atoms. The van der Waals surface area contributed by atoms with E-state index in [-0.39, 0.29) is 0 Å². The molecule has 0 fully saturated rings. The molecule has 0 saturated heterocycles. The Bertz CT molecular complexity index is 1230. The van der Waals surface area contributed by atoms with Crippen LogP contribution in [0.3, 0.4) is 0 Å².